The molecule has 1 aromatic carbocycles. The highest BCUT2D eigenvalue weighted by Crippen LogP contribution is 2.25. The number of aromatic nitrogens is 1. The smallest absolute Gasteiger partial charge is 0.242 e. The quantitative estimate of drug-likeness (QED) is 0.384. The Hall–Kier alpha value is -2.27. The van der Waals surface area contributed by atoms with Gasteiger partial charge in [0.2, 0.25) is 11.8 Å². The summed E-state index contributed by atoms with van der Waals surface area (Å²) in [6.45, 7) is 7.96. The summed E-state index contributed by atoms with van der Waals surface area (Å²) in [6, 6.07) is 12.2. The van der Waals surface area contributed by atoms with Crippen LogP contribution in [0.3, 0.4) is 0 Å². The molecule has 1 aliphatic carbocycles. The molecule has 1 aliphatic rings. The lowest BCUT2D eigenvalue weighted by Gasteiger charge is -2.36. The van der Waals surface area contributed by atoms with Crippen molar-refractivity contribution in [2.24, 2.45) is 5.92 Å². The lowest BCUT2D eigenvalue weighted by atomic mass is 9.94. The van der Waals surface area contributed by atoms with E-state index in [1.807, 2.05) is 49.1 Å². The molecule has 1 heterocycles. The lowest BCUT2D eigenvalue weighted by molar-refractivity contribution is -0.144. The highest BCUT2D eigenvalue weighted by Gasteiger charge is 2.29. The van der Waals surface area contributed by atoms with Crippen molar-refractivity contribution in [2.75, 3.05) is 13.1 Å². The summed E-state index contributed by atoms with van der Waals surface area (Å²) in [5.74, 6) is 0.00984. The number of rotatable bonds is 11. The average molecular weight is 486 g/mol. The molecule has 1 aromatic heterocycles. The van der Waals surface area contributed by atoms with E-state index in [2.05, 4.69) is 23.8 Å². The second-order valence-corrected chi connectivity index (χ2v) is 10.2. The summed E-state index contributed by atoms with van der Waals surface area (Å²) in [4.78, 5) is 30.3. The van der Waals surface area contributed by atoms with Crippen LogP contribution in [0, 0.1) is 5.92 Å². The molecule has 2 amide bonds. The van der Waals surface area contributed by atoms with Crippen molar-refractivity contribution in [3.05, 3.63) is 58.9 Å². The first-order chi connectivity index (χ1) is 16.4. The second kappa shape index (κ2) is 13.0. The average Bonchev–Trinajstić information content (AvgIpc) is 3.28. The first kappa shape index (κ1) is 26.3. The number of amides is 2. The maximum Gasteiger partial charge on any atom is 0.242 e. The van der Waals surface area contributed by atoms with Crippen LogP contribution in [-0.2, 0) is 22.7 Å². The van der Waals surface area contributed by atoms with Gasteiger partial charge in [-0.2, -0.15) is 0 Å². The van der Waals surface area contributed by atoms with Crippen molar-refractivity contribution in [2.45, 2.75) is 84.8 Å². The third-order valence-electron chi connectivity index (χ3n) is 6.80. The van der Waals surface area contributed by atoms with E-state index in [1.54, 1.807) is 4.90 Å². The molecule has 3 rings (SSSR count). The van der Waals surface area contributed by atoms with Crippen molar-refractivity contribution in [3.8, 4) is 0 Å². The van der Waals surface area contributed by atoms with Gasteiger partial charge in [-0.05, 0) is 43.0 Å². The number of hydrogen-bond acceptors (Lipinski definition) is 2. The Bertz CT molecular complexity index is 933. The maximum atomic E-state index is 13.7. The first-order valence-corrected chi connectivity index (χ1v) is 13.2. The number of unbranched alkanes of at least 4 members (excludes halogenated alkanes) is 1. The van der Waals surface area contributed by atoms with Crippen LogP contribution in [0.1, 0.15) is 77.0 Å². The van der Waals surface area contributed by atoms with E-state index in [4.69, 9.17) is 11.6 Å². The predicted molar refractivity (Wildman–Crippen MR) is 139 cm³/mol. The van der Waals surface area contributed by atoms with E-state index < -0.39 is 0 Å². The summed E-state index contributed by atoms with van der Waals surface area (Å²) < 4.78 is 2.18. The van der Waals surface area contributed by atoms with Crippen molar-refractivity contribution in [1.29, 1.82) is 0 Å². The standard InChI is InChI=1S/C28H40ClN3O2/c1-4-5-17-31(28(34)22(2)3)21-27(33)32(24-13-7-6-8-14-24)20-25-15-11-18-30(25)19-23-12-9-10-16-26(23)29/h9-12,15-16,18,22,24H,4-8,13-14,17,19-21H2,1-3H3. The molecule has 1 saturated carbocycles. The van der Waals surface area contributed by atoms with Gasteiger partial charge in [-0.3, -0.25) is 9.59 Å². The third kappa shape index (κ3) is 7.11. The van der Waals surface area contributed by atoms with E-state index >= 15 is 0 Å². The minimum atomic E-state index is -0.111. The highest BCUT2D eigenvalue weighted by atomic mass is 35.5. The number of benzene rings is 1. The maximum absolute atomic E-state index is 13.7. The van der Waals surface area contributed by atoms with Gasteiger partial charge in [0.05, 0.1) is 13.1 Å². The van der Waals surface area contributed by atoms with Crippen LogP contribution in [0.2, 0.25) is 5.02 Å². The van der Waals surface area contributed by atoms with Crippen LogP contribution in [-0.4, -0.2) is 45.3 Å². The van der Waals surface area contributed by atoms with Gasteiger partial charge in [-0.15, -0.1) is 0 Å². The van der Waals surface area contributed by atoms with Crippen LogP contribution in [0.15, 0.2) is 42.6 Å². The first-order valence-electron chi connectivity index (χ1n) is 12.9. The molecule has 0 N–H and O–H groups in total. The molecular weight excluding hydrogens is 446 g/mol. The molecule has 1 fully saturated rings. The van der Waals surface area contributed by atoms with E-state index in [-0.39, 0.29) is 30.3 Å². The highest BCUT2D eigenvalue weighted by molar-refractivity contribution is 6.31. The zero-order chi connectivity index (χ0) is 24.5. The molecule has 2 aromatic rings. The molecule has 0 radical (unpaired) electrons. The van der Waals surface area contributed by atoms with E-state index in [1.165, 1.54) is 6.42 Å². The number of halogens is 1. The minimum absolute atomic E-state index is 0.0579. The molecule has 0 aliphatic heterocycles. The van der Waals surface area contributed by atoms with Crippen LogP contribution >= 0.6 is 11.6 Å². The van der Waals surface area contributed by atoms with E-state index in [0.29, 0.717) is 19.6 Å². The van der Waals surface area contributed by atoms with Crippen molar-refractivity contribution in [3.63, 3.8) is 0 Å². The number of nitrogens with zero attached hydrogens (tertiary/aromatic N) is 3. The third-order valence-corrected chi connectivity index (χ3v) is 7.17. The molecule has 0 spiro atoms. The normalized spacial score (nSPS) is 14.4. The van der Waals surface area contributed by atoms with E-state index in [9.17, 15) is 9.59 Å². The van der Waals surface area contributed by atoms with Gasteiger partial charge < -0.3 is 14.4 Å². The van der Waals surface area contributed by atoms with Crippen molar-refractivity contribution >= 4 is 23.4 Å². The Balaban J connectivity index is 1.80. The fraction of sp³-hybridized carbons (Fsp3) is 0.571. The molecule has 0 saturated heterocycles. The molecule has 0 bridgehead atoms. The van der Waals surface area contributed by atoms with Gasteiger partial charge in [0, 0.05) is 42.0 Å². The molecule has 5 nitrogen and oxygen atoms in total. The van der Waals surface area contributed by atoms with Crippen LogP contribution in [0.5, 0.6) is 0 Å². The number of carbonyl (C=O) groups excluding carboxylic acids is 2. The van der Waals surface area contributed by atoms with Gasteiger partial charge in [0.15, 0.2) is 0 Å². The van der Waals surface area contributed by atoms with Gasteiger partial charge in [-0.1, -0.05) is 76.3 Å². The van der Waals surface area contributed by atoms with Gasteiger partial charge >= 0.3 is 0 Å². The zero-order valence-corrected chi connectivity index (χ0v) is 21.8. The summed E-state index contributed by atoms with van der Waals surface area (Å²) in [6.07, 6.45) is 9.56. The van der Waals surface area contributed by atoms with Crippen LogP contribution < -0.4 is 0 Å². The molecular formula is C28H40ClN3O2. The largest absolute Gasteiger partial charge is 0.345 e. The summed E-state index contributed by atoms with van der Waals surface area (Å²) >= 11 is 6.41. The Labute approximate surface area is 210 Å². The van der Waals surface area contributed by atoms with Crippen LogP contribution in [0.25, 0.3) is 0 Å². The van der Waals surface area contributed by atoms with E-state index in [0.717, 1.165) is 54.8 Å². The molecule has 34 heavy (non-hydrogen) atoms. The Morgan fingerprint density at radius 3 is 2.50 bits per heavy atom. The number of hydrogen-bond donors (Lipinski definition) is 0. The SMILES string of the molecule is CCCCN(CC(=O)N(Cc1cccn1Cc1ccccc1Cl)C1CCCCC1)C(=O)C(C)C. The van der Waals surface area contributed by atoms with Gasteiger partial charge in [0.25, 0.3) is 0 Å². The fourth-order valence-corrected chi connectivity index (χ4v) is 4.98. The van der Waals surface area contributed by atoms with Gasteiger partial charge in [-0.25, -0.2) is 0 Å². The predicted octanol–water partition coefficient (Wildman–Crippen LogP) is 6.14. The number of carbonyl (C=O) groups is 2. The van der Waals surface area contributed by atoms with Gasteiger partial charge in [0.1, 0.15) is 0 Å². The summed E-state index contributed by atoms with van der Waals surface area (Å²) in [5.41, 5.74) is 2.15. The Kier molecular flexibility index (Phi) is 10.1. The molecule has 6 heteroatoms. The summed E-state index contributed by atoms with van der Waals surface area (Å²) in [7, 11) is 0. The Morgan fingerprint density at radius 2 is 1.82 bits per heavy atom. The molecule has 186 valence electrons. The van der Waals surface area contributed by atoms with Crippen molar-refractivity contribution < 1.29 is 9.59 Å². The second-order valence-electron chi connectivity index (χ2n) is 9.80. The lowest BCUT2D eigenvalue weighted by Crippen LogP contribution is -2.48. The minimum Gasteiger partial charge on any atom is -0.345 e. The Morgan fingerprint density at radius 1 is 1.09 bits per heavy atom. The molecule has 0 unspecified atom stereocenters. The van der Waals surface area contributed by atoms with Crippen LogP contribution in [0.4, 0.5) is 0 Å². The van der Waals surface area contributed by atoms with Crippen molar-refractivity contribution in [1.82, 2.24) is 14.4 Å². The monoisotopic (exact) mass is 485 g/mol. The zero-order valence-electron chi connectivity index (χ0n) is 21.0. The topological polar surface area (TPSA) is 45.6 Å². The molecule has 0 atom stereocenters. The fourth-order valence-electron chi connectivity index (χ4n) is 4.78. The summed E-state index contributed by atoms with van der Waals surface area (Å²) in [5, 5.41) is 0.751.